The molecule has 0 saturated carbocycles. The molecule has 0 atom stereocenters. The lowest BCUT2D eigenvalue weighted by atomic mass is 9.83. The van der Waals surface area contributed by atoms with E-state index in [0.29, 0.717) is 0 Å². The van der Waals surface area contributed by atoms with Crippen LogP contribution < -0.4 is 0 Å². The lowest BCUT2D eigenvalue weighted by molar-refractivity contribution is 0.670. The molecule has 0 aliphatic rings. The molecule has 0 saturated heterocycles. The minimum Gasteiger partial charge on any atom is -0.455 e. The molecule has 84 heavy (non-hydrogen) atoms. The van der Waals surface area contributed by atoms with Gasteiger partial charge in [0.2, 0.25) is 0 Å². The number of fused-ring (bicyclic) bond motifs is 15. The van der Waals surface area contributed by atoms with Crippen LogP contribution in [0.4, 0.5) is 0 Å². The summed E-state index contributed by atoms with van der Waals surface area (Å²) < 4.78 is 14.4. The van der Waals surface area contributed by atoms with Crippen molar-refractivity contribution in [2.24, 2.45) is 0 Å². The van der Waals surface area contributed by atoms with Gasteiger partial charge in [0.1, 0.15) is 22.3 Å². The van der Waals surface area contributed by atoms with E-state index < -0.39 is 0 Å². The molecule has 18 rings (SSSR count). The monoisotopic (exact) mass is 1060 g/mol. The van der Waals surface area contributed by atoms with Crippen molar-refractivity contribution in [1.29, 1.82) is 0 Å². The fourth-order valence-corrected chi connectivity index (χ4v) is 14.6. The Morgan fingerprint density at radius 1 is 0.179 bits per heavy atom. The first kappa shape index (κ1) is 46.7. The second-order valence-electron chi connectivity index (χ2n) is 22.4. The molecule has 0 radical (unpaired) electrons. The topological polar surface area (TPSA) is 26.3 Å². The maximum Gasteiger partial charge on any atom is 0.143 e. The lowest BCUT2D eigenvalue weighted by Crippen LogP contribution is -1.93. The highest BCUT2D eigenvalue weighted by molar-refractivity contribution is 6.36. The molecule has 0 amide bonds. The average Bonchev–Trinajstić information content (AvgIpc) is 2.78. The number of hydrogen-bond acceptors (Lipinski definition) is 2. The highest BCUT2D eigenvalue weighted by Gasteiger charge is 2.27. The van der Waals surface area contributed by atoms with Gasteiger partial charge in [-0.15, -0.1) is 0 Å². The maximum absolute atomic E-state index is 7.21. The highest BCUT2D eigenvalue weighted by Crippen LogP contribution is 2.53. The molecule has 0 aliphatic heterocycles. The molecule has 0 N–H and O–H groups in total. The second-order valence-corrected chi connectivity index (χ2v) is 22.4. The Labute approximate surface area is 483 Å². The normalized spacial score (nSPS) is 12.0. The van der Waals surface area contributed by atoms with E-state index in [1.807, 2.05) is 0 Å². The van der Waals surface area contributed by atoms with E-state index in [9.17, 15) is 0 Å². The summed E-state index contributed by atoms with van der Waals surface area (Å²) in [5, 5.41) is 21.1. The average molecular weight is 1070 g/mol. The van der Waals surface area contributed by atoms with Gasteiger partial charge in [0, 0.05) is 38.1 Å². The molecule has 2 heteroatoms. The summed E-state index contributed by atoms with van der Waals surface area (Å²) in [5.74, 6) is 0. The summed E-state index contributed by atoms with van der Waals surface area (Å²) in [5.41, 5.74) is 17.5. The first-order chi connectivity index (χ1) is 41.7. The second kappa shape index (κ2) is 18.2. The predicted molar refractivity (Wildman–Crippen MR) is 356 cm³/mol. The van der Waals surface area contributed by atoms with E-state index in [1.54, 1.807) is 0 Å². The first-order valence-electron chi connectivity index (χ1n) is 29.0. The Bertz CT molecular complexity index is 5320. The quantitative estimate of drug-likeness (QED) is 0.155. The van der Waals surface area contributed by atoms with E-state index in [0.717, 1.165) is 87.7 Å². The van der Waals surface area contributed by atoms with E-state index in [2.05, 4.69) is 291 Å². The summed E-state index contributed by atoms with van der Waals surface area (Å²) in [6.45, 7) is 0. The van der Waals surface area contributed by atoms with Crippen molar-refractivity contribution in [3.05, 3.63) is 291 Å². The van der Waals surface area contributed by atoms with E-state index >= 15 is 0 Å². The lowest BCUT2D eigenvalue weighted by Gasteiger charge is -2.20. The molecule has 0 aliphatic carbocycles. The molecule has 388 valence electrons. The standard InChI is InChI=1S/C82H48O2/c1-3-23-49(24-4-1)74-58-31-11-15-35-62(58)77(63-36-16-12-32-59(63)74)66-45-43-56(52-27-7-9-29-54(52)66)70-47-51-48-71(82-80(69-40-20-22-42-73(69)84-82)76(51)79-68-39-19-21-41-72(68)83-81(70)79)57-44-46-67(55-30-10-8-28-53(55)57)78-64-37-17-13-33-60(64)75(50-25-5-2-6-26-50)61-34-14-18-38-65(61)78/h1-48H. The van der Waals surface area contributed by atoms with Crippen LogP contribution in [0.1, 0.15) is 0 Å². The van der Waals surface area contributed by atoms with Gasteiger partial charge in [-0.3, -0.25) is 0 Å². The molecule has 2 aromatic heterocycles. The van der Waals surface area contributed by atoms with Crippen molar-refractivity contribution in [2.75, 3.05) is 0 Å². The van der Waals surface area contributed by atoms with Crippen LogP contribution in [0.2, 0.25) is 0 Å². The Balaban J connectivity index is 0.910. The van der Waals surface area contributed by atoms with Gasteiger partial charge in [0.05, 0.1) is 0 Å². The van der Waals surface area contributed by atoms with Gasteiger partial charge in [0.25, 0.3) is 0 Å². The van der Waals surface area contributed by atoms with Gasteiger partial charge in [-0.25, -0.2) is 0 Å². The smallest absolute Gasteiger partial charge is 0.143 e. The number of para-hydroxylation sites is 2. The van der Waals surface area contributed by atoms with Crippen LogP contribution in [0.3, 0.4) is 0 Å². The zero-order chi connectivity index (χ0) is 55.0. The third kappa shape index (κ3) is 6.74. The fraction of sp³-hybridized carbons (Fsp3) is 0. The van der Waals surface area contributed by atoms with Gasteiger partial charge in [0.15, 0.2) is 0 Å². The summed E-state index contributed by atoms with van der Waals surface area (Å²) in [7, 11) is 0. The predicted octanol–water partition coefficient (Wildman–Crippen LogP) is 23.6. The number of furan rings is 2. The minimum absolute atomic E-state index is 0.849. The molecule has 0 spiro atoms. The van der Waals surface area contributed by atoms with Crippen LogP contribution in [0.5, 0.6) is 0 Å². The third-order valence-electron chi connectivity index (χ3n) is 18.0. The van der Waals surface area contributed by atoms with Gasteiger partial charge in [-0.05, 0) is 150 Å². The fourth-order valence-electron chi connectivity index (χ4n) is 14.6. The SMILES string of the molecule is c1ccc(-c2c3ccccc3c(-c3ccc(-c4cc5cc(-c6ccc(-c7c8ccccc8c(-c8ccccc8)c8ccccc78)c7ccccc67)c6oc7ccccc7c6c5c5c4oc4ccccc45)c4ccccc34)c3ccccc23)cc1. The van der Waals surface area contributed by atoms with Crippen molar-refractivity contribution in [3.63, 3.8) is 0 Å². The molecule has 2 nitrogen and oxygen atoms in total. The molecule has 2 heterocycles. The number of hydrogen-bond donors (Lipinski definition) is 0. The van der Waals surface area contributed by atoms with Crippen molar-refractivity contribution in [2.45, 2.75) is 0 Å². The molecule has 0 bridgehead atoms. The van der Waals surface area contributed by atoms with Gasteiger partial charge < -0.3 is 8.83 Å². The highest BCUT2D eigenvalue weighted by atomic mass is 16.3. The van der Waals surface area contributed by atoms with Crippen LogP contribution >= 0.6 is 0 Å². The van der Waals surface area contributed by atoms with Gasteiger partial charge in [-0.1, -0.05) is 267 Å². The Morgan fingerprint density at radius 3 is 0.786 bits per heavy atom. The van der Waals surface area contributed by atoms with E-state index in [-0.39, 0.29) is 0 Å². The zero-order valence-electron chi connectivity index (χ0n) is 45.5. The number of benzene rings is 16. The minimum atomic E-state index is 0.849. The van der Waals surface area contributed by atoms with Crippen LogP contribution in [0.15, 0.2) is 300 Å². The molecular weight excluding hydrogens is 1020 g/mol. The molecule has 16 aromatic carbocycles. The maximum atomic E-state index is 7.21. The van der Waals surface area contributed by atoms with Gasteiger partial charge in [-0.2, -0.15) is 0 Å². The zero-order valence-corrected chi connectivity index (χ0v) is 45.5. The molecule has 0 fully saturated rings. The summed E-state index contributed by atoms with van der Waals surface area (Å²) in [6.07, 6.45) is 0. The summed E-state index contributed by atoms with van der Waals surface area (Å²) >= 11 is 0. The van der Waals surface area contributed by atoms with Crippen LogP contribution in [-0.4, -0.2) is 0 Å². The van der Waals surface area contributed by atoms with E-state index in [1.165, 1.54) is 98.4 Å². The molecule has 18 aromatic rings. The van der Waals surface area contributed by atoms with Crippen molar-refractivity contribution >= 4 is 119 Å². The number of rotatable bonds is 6. The van der Waals surface area contributed by atoms with Crippen molar-refractivity contribution in [3.8, 4) is 66.8 Å². The summed E-state index contributed by atoms with van der Waals surface area (Å²) in [4.78, 5) is 0. The first-order valence-corrected chi connectivity index (χ1v) is 29.0. The summed E-state index contributed by atoms with van der Waals surface area (Å²) in [6, 6.07) is 107. The van der Waals surface area contributed by atoms with E-state index in [4.69, 9.17) is 8.83 Å². The molecular formula is C82H48O2. The van der Waals surface area contributed by atoms with Crippen LogP contribution in [0, 0.1) is 0 Å². The van der Waals surface area contributed by atoms with Crippen molar-refractivity contribution < 1.29 is 8.83 Å². The Kier molecular flexibility index (Phi) is 10.1. The third-order valence-corrected chi connectivity index (χ3v) is 18.0. The Morgan fingerprint density at radius 2 is 0.440 bits per heavy atom. The van der Waals surface area contributed by atoms with Crippen LogP contribution in [0.25, 0.3) is 186 Å². The van der Waals surface area contributed by atoms with Crippen molar-refractivity contribution in [1.82, 2.24) is 0 Å². The van der Waals surface area contributed by atoms with Crippen LogP contribution in [-0.2, 0) is 0 Å². The molecule has 0 unspecified atom stereocenters. The largest absolute Gasteiger partial charge is 0.455 e. The Hall–Kier alpha value is -11.1. The van der Waals surface area contributed by atoms with Gasteiger partial charge >= 0.3 is 0 Å².